The van der Waals surface area contributed by atoms with E-state index in [4.69, 9.17) is 14.7 Å². The molecule has 1 amide bonds. The first-order valence-electron chi connectivity index (χ1n) is 17.1. The van der Waals surface area contributed by atoms with E-state index in [0.29, 0.717) is 45.3 Å². The third kappa shape index (κ3) is 6.55. The van der Waals surface area contributed by atoms with Gasteiger partial charge in [0, 0.05) is 62.2 Å². The van der Waals surface area contributed by atoms with E-state index in [1.165, 1.54) is 28.1 Å². The van der Waals surface area contributed by atoms with Crippen LogP contribution in [0.25, 0.3) is 10.8 Å². The number of hydrogen-bond acceptors (Lipinski definition) is 9. The maximum absolute atomic E-state index is 13.5. The highest BCUT2D eigenvalue weighted by atomic mass is 32.2. The molecule has 258 valence electrons. The molecule has 2 aromatic carbocycles. The average molecular weight is 688 g/mol. The Labute approximate surface area is 290 Å². The predicted octanol–water partition coefficient (Wildman–Crippen LogP) is 5.81. The maximum atomic E-state index is 13.5. The van der Waals surface area contributed by atoms with Gasteiger partial charge in [0.2, 0.25) is 11.8 Å². The Morgan fingerprint density at radius 2 is 1.96 bits per heavy atom. The van der Waals surface area contributed by atoms with Crippen molar-refractivity contribution in [3.63, 3.8) is 0 Å². The highest BCUT2D eigenvalue weighted by molar-refractivity contribution is 8.08. The lowest BCUT2D eigenvalue weighted by Gasteiger charge is -2.42. The summed E-state index contributed by atoms with van der Waals surface area (Å²) < 4.78 is 33.3. The number of ether oxygens (including phenoxy) is 1. The van der Waals surface area contributed by atoms with Crippen LogP contribution in [0.2, 0.25) is 0 Å². The molecule has 1 unspecified atom stereocenters. The molecule has 2 saturated heterocycles. The molecule has 7 rings (SSSR count). The van der Waals surface area contributed by atoms with Gasteiger partial charge >= 0.3 is 6.01 Å². The van der Waals surface area contributed by atoms with Gasteiger partial charge in [0.25, 0.3) is 0 Å². The van der Waals surface area contributed by atoms with Crippen LogP contribution < -0.4 is 14.5 Å². The molecule has 3 atom stereocenters. The van der Waals surface area contributed by atoms with Crippen molar-refractivity contribution in [2.24, 2.45) is 5.92 Å². The number of carbonyl (C=O) groups excluding carboxylic acids is 1. The Hall–Kier alpha value is -3.95. The Balaban J connectivity index is 1.15. The second-order valence-electron chi connectivity index (χ2n) is 14.1. The van der Waals surface area contributed by atoms with E-state index < -0.39 is 5.92 Å². The molecule has 3 aromatic rings. The highest BCUT2D eigenvalue weighted by Crippen LogP contribution is 2.56. The lowest BCUT2D eigenvalue weighted by molar-refractivity contribution is -0.128. The Morgan fingerprint density at radius 1 is 1.18 bits per heavy atom. The van der Waals surface area contributed by atoms with Crippen LogP contribution in [0, 0.1) is 24.2 Å². The Bertz CT molecular complexity index is 1800. The minimum absolute atomic E-state index is 0.0201. The molecule has 0 radical (unpaired) electrons. The van der Waals surface area contributed by atoms with Crippen molar-refractivity contribution in [1.29, 1.82) is 5.26 Å². The summed E-state index contributed by atoms with van der Waals surface area (Å²) in [7, 11) is 2.01. The largest absolute Gasteiger partial charge is 0.462 e. The molecule has 4 heterocycles. The number of rotatable bonds is 10. The number of fused-ring (bicyclic) bond motifs is 2. The molecule has 4 aliphatic rings. The summed E-state index contributed by atoms with van der Waals surface area (Å²) in [5, 5.41) is 12.2. The molecular weight excluding hydrogens is 645 g/mol. The van der Waals surface area contributed by atoms with Crippen molar-refractivity contribution >= 4 is 39.9 Å². The van der Waals surface area contributed by atoms with Gasteiger partial charge in [-0.1, -0.05) is 36.9 Å². The zero-order chi connectivity index (χ0) is 34.5. The number of aromatic nitrogens is 2. The summed E-state index contributed by atoms with van der Waals surface area (Å²) in [6.45, 7) is 11.9. The first-order chi connectivity index (χ1) is 23.5. The number of alkyl halides is 2. The number of thioether (sulfide) groups is 1. The monoisotopic (exact) mass is 687 g/mol. The van der Waals surface area contributed by atoms with Crippen molar-refractivity contribution in [3.8, 4) is 12.1 Å². The quantitative estimate of drug-likeness (QED) is 0.194. The van der Waals surface area contributed by atoms with E-state index in [1.807, 2.05) is 7.05 Å². The number of aryl methyl sites for hydroxylation is 1. The molecule has 1 saturated carbocycles. The van der Waals surface area contributed by atoms with Crippen LogP contribution >= 0.6 is 11.8 Å². The lowest BCUT2D eigenvalue weighted by Crippen LogP contribution is -2.55. The van der Waals surface area contributed by atoms with Crippen LogP contribution in [0.5, 0.6) is 6.01 Å². The normalized spacial score (nSPS) is 24.7. The Kier molecular flexibility index (Phi) is 8.94. The van der Waals surface area contributed by atoms with Gasteiger partial charge in [-0.3, -0.25) is 9.69 Å². The van der Waals surface area contributed by atoms with Gasteiger partial charge in [0.1, 0.15) is 12.4 Å². The van der Waals surface area contributed by atoms with Gasteiger partial charge in [-0.25, -0.2) is 8.78 Å². The van der Waals surface area contributed by atoms with Crippen molar-refractivity contribution in [2.45, 2.75) is 68.2 Å². The van der Waals surface area contributed by atoms with E-state index in [1.54, 1.807) is 16.7 Å². The number of nitrogens with zero attached hydrogens (tertiary/aromatic N) is 7. The van der Waals surface area contributed by atoms with Crippen molar-refractivity contribution < 1.29 is 18.3 Å². The fourth-order valence-corrected chi connectivity index (χ4v) is 8.98. The van der Waals surface area contributed by atoms with Crippen LogP contribution in [0.15, 0.2) is 49.1 Å². The van der Waals surface area contributed by atoms with Gasteiger partial charge < -0.3 is 19.4 Å². The molecule has 3 fully saturated rings. The van der Waals surface area contributed by atoms with Crippen LogP contribution in [-0.4, -0.2) is 94.1 Å². The van der Waals surface area contributed by atoms with E-state index in [0.717, 1.165) is 30.0 Å². The zero-order valence-electron chi connectivity index (χ0n) is 28.4. The fourth-order valence-electron chi connectivity index (χ4n) is 7.84. The molecule has 9 nitrogen and oxygen atoms in total. The summed E-state index contributed by atoms with van der Waals surface area (Å²) in [5.41, 5.74) is 4.38. The zero-order valence-corrected chi connectivity index (χ0v) is 29.2. The lowest BCUT2D eigenvalue weighted by atomic mass is 9.81. The van der Waals surface area contributed by atoms with Crippen molar-refractivity contribution in [1.82, 2.24) is 19.8 Å². The number of piperazine rings is 1. The van der Waals surface area contributed by atoms with E-state index in [2.05, 4.69) is 77.6 Å². The predicted molar refractivity (Wildman–Crippen MR) is 189 cm³/mol. The number of anilines is 2. The molecule has 49 heavy (non-hydrogen) atoms. The smallest absolute Gasteiger partial charge is 0.318 e. The number of carbonyl (C=O) groups is 1. The molecule has 3 aliphatic heterocycles. The minimum atomic E-state index is -2.52. The average Bonchev–Trinajstić information content (AvgIpc) is 3.76. The Morgan fingerprint density at radius 3 is 2.69 bits per heavy atom. The standard InChI is InChI=1S/C37H43F2N7O2S/c1-5-32(47)46-17-16-45(21-27(46)12-14-40)34-28-13-15-44(30-11-7-10-26-9-6-8-24(2)33(26)30)22-29(28)41-35(42-34)48-23-31-36(3,49-31)43(4)20-25-18-37(38,39)19-25/h5-11,25,27,31H,1,12-13,15-23H2,2-4H3/t27-,31?,36-/m0/s1. The molecular formula is C37H43F2N7O2S. The first kappa shape index (κ1) is 33.5. The maximum Gasteiger partial charge on any atom is 0.318 e. The van der Waals surface area contributed by atoms with Crippen molar-refractivity contribution in [3.05, 3.63) is 65.9 Å². The molecule has 1 aromatic heterocycles. The van der Waals surface area contributed by atoms with Crippen molar-refractivity contribution in [2.75, 3.05) is 56.2 Å². The van der Waals surface area contributed by atoms with Crippen LogP contribution in [0.3, 0.4) is 0 Å². The van der Waals surface area contributed by atoms with Gasteiger partial charge in [-0.15, -0.1) is 11.8 Å². The van der Waals surface area contributed by atoms with Crippen LogP contribution in [0.1, 0.15) is 43.0 Å². The van der Waals surface area contributed by atoms with Gasteiger partial charge in [0.15, 0.2) is 0 Å². The number of amides is 1. The van der Waals surface area contributed by atoms with Gasteiger partial charge in [0.05, 0.1) is 40.9 Å². The molecule has 0 bridgehead atoms. The summed E-state index contributed by atoms with van der Waals surface area (Å²) in [5.74, 6) is -1.86. The van der Waals surface area contributed by atoms with Gasteiger partial charge in [-0.2, -0.15) is 15.2 Å². The second-order valence-corrected chi connectivity index (χ2v) is 15.7. The van der Waals surface area contributed by atoms with Crippen LogP contribution in [0.4, 0.5) is 20.3 Å². The topological polar surface area (TPSA) is 88.8 Å². The third-order valence-electron chi connectivity index (χ3n) is 10.8. The fraction of sp³-hybridized carbons (Fsp3) is 0.514. The van der Waals surface area contributed by atoms with Gasteiger partial charge in [-0.05, 0) is 56.3 Å². The number of benzene rings is 2. The third-order valence-corrected chi connectivity index (χ3v) is 12.5. The molecule has 0 N–H and O–H groups in total. The van der Waals surface area contributed by atoms with E-state index in [-0.39, 0.29) is 47.3 Å². The second kappa shape index (κ2) is 13.1. The number of hydrogen-bond donors (Lipinski definition) is 0. The number of nitriles is 1. The molecule has 12 heteroatoms. The molecule has 0 spiro atoms. The minimum Gasteiger partial charge on any atom is -0.462 e. The summed E-state index contributed by atoms with van der Waals surface area (Å²) in [4.78, 5) is 30.9. The summed E-state index contributed by atoms with van der Waals surface area (Å²) in [6, 6.07) is 15.1. The van der Waals surface area contributed by atoms with E-state index >= 15 is 0 Å². The van der Waals surface area contributed by atoms with E-state index in [9.17, 15) is 18.8 Å². The first-order valence-corrected chi connectivity index (χ1v) is 18.0. The highest BCUT2D eigenvalue weighted by Gasteiger charge is 2.56. The van der Waals surface area contributed by atoms with Crippen LogP contribution in [-0.2, 0) is 17.8 Å². The molecule has 1 aliphatic carbocycles. The summed E-state index contributed by atoms with van der Waals surface area (Å²) >= 11 is 1.78. The summed E-state index contributed by atoms with van der Waals surface area (Å²) in [6.07, 6.45) is 2.19. The SMILES string of the molecule is C=CC(=O)N1CCN(c2nc(OCC3S[C@]3(C)N(C)CC3CC(F)(F)C3)nc3c2CCN(c2cccc4cccc(C)c24)C3)C[C@@H]1CC#N. The number of halogens is 2.